The molecule has 3 amide bonds. The van der Waals surface area contributed by atoms with E-state index < -0.39 is 21.7 Å². The Labute approximate surface area is 170 Å². The number of benzene rings is 1. The van der Waals surface area contributed by atoms with Crippen LogP contribution in [-0.4, -0.2) is 39.1 Å². The first-order valence-electron chi connectivity index (χ1n) is 9.25. The zero-order valence-electron chi connectivity index (χ0n) is 16.2. The van der Waals surface area contributed by atoms with Crippen LogP contribution in [0.5, 0.6) is 0 Å². The van der Waals surface area contributed by atoms with Crippen molar-refractivity contribution in [1.82, 2.24) is 9.88 Å². The summed E-state index contributed by atoms with van der Waals surface area (Å²) in [6.07, 6.45) is 1.27. The van der Waals surface area contributed by atoms with Crippen LogP contribution in [-0.2, 0) is 14.4 Å². The molecule has 10 heteroatoms. The van der Waals surface area contributed by atoms with Gasteiger partial charge in [0.2, 0.25) is 17.7 Å². The molecule has 152 valence electrons. The fraction of sp³-hybridized carbons (Fsp3) is 0.474. The van der Waals surface area contributed by atoms with Gasteiger partial charge in [-0.2, -0.15) is 0 Å². The van der Waals surface area contributed by atoms with Crippen molar-refractivity contribution in [2.24, 2.45) is 16.7 Å². The van der Waals surface area contributed by atoms with E-state index in [9.17, 15) is 24.5 Å². The molecule has 2 aliphatic rings. The van der Waals surface area contributed by atoms with E-state index in [1.165, 1.54) is 18.2 Å². The van der Waals surface area contributed by atoms with Gasteiger partial charge < -0.3 is 5.32 Å². The molecule has 2 atom stereocenters. The van der Waals surface area contributed by atoms with Gasteiger partial charge in [0.1, 0.15) is 6.54 Å². The van der Waals surface area contributed by atoms with Crippen LogP contribution < -0.4 is 5.32 Å². The minimum Gasteiger partial charge on any atom is -0.300 e. The first kappa shape index (κ1) is 19.4. The van der Waals surface area contributed by atoms with Gasteiger partial charge in [-0.1, -0.05) is 32.1 Å². The van der Waals surface area contributed by atoms with Crippen molar-refractivity contribution in [3.63, 3.8) is 0 Å². The van der Waals surface area contributed by atoms with E-state index in [4.69, 9.17) is 0 Å². The summed E-state index contributed by atoms with van der Waals surface area (Å²) in [6.45, 7) is 5.39. The molecule has 0 radical (unpaired) electrons. The first-order valence-corrected chi connectivity index (χ1v) is 10.1. The molecule has 1 aromatic heterocycles. The first-order chi connectivity index (χ1) is 13.5. The van der Waals surface area contributed by atoms with Crippen LogP contribution in [0.25, 0.3) is 10.2 Å². The Morgan fingerprint density at radius 3 is 2.79 bits per heavy atom. The molecule has 9 nitrogen and oxygen atoms in total. The smallest absolute Gasteiger partial charge is 0.270 e. The number of likely N-dealkylation sites (tertiary alicyclic amines) is 1. The Morgan fingerprint density at radius 1 is 1.38 bits per heavy atom. The Kier molecular flexibility index (Phi) is 4.23. The van der Waals surface area contributed by atoms with Gasteiger partial charge in [-0.15, -0.1) is 0 Å². The number of nitro benzene ring substituents is 1. The summed E-state index contributed by atoms with van der Waals surface area (Å²) >= 11 is 1.10. The number of non-ortho nitro benzene ring substituents is 1. The van der Waals surface area contributed by atoms with Crippen LogP contribution in [0.3, 0.4) is 0 Å². The summed E-state index contributed by atoms with van der Waals surface area (Å²) in [4.78, 5) is 54.1. The monoisotopic (exact) mass is 416 g/mol. The number of nitrogens with one attached hydrogen (secondary N) is 1. The lowest BCUT2D eigenvalue weighted by atomic mass is 9.62. The lowest BCUT2D eigenvalue weighted by Gasteiger charge is -2.47. The predicted molar refractivity (Wildman–Crippen MR) is 106 cm³/mol. The van der Waals surface area contributed by atoms with Crippen molar-refractivity contribution < 1.29 is 19.3 Å². The number of rotatable bonds is 4. The molecule has 2 fully saturated rings. The number of nitrogens with zero attached hydrogens (tertiary/aromatic N) is 3. The van der Waals surface area contributed by atoms with Crippen molar-refractivity contribution in [3.8, 4) is 0 Å². The number of piperidine rings is 1. The molecule has 1 aliphatic heterocycles. The number of aromatic nitrogens is 1. The third-order valence-electron chi connectivity index (χ3n) is 6.64. The molecule has 1 N–H and O–H groups in total. The zero-order valence-corrected chi connectivity index (χ0v) is 17.0. The molecule has 2 heterocycles. The summed E-state index contributed by atoms with van der Waals surface area (Å²) < 4.78 is 0.562. The summed E-state index contributed by atoms with van der Waals surface area (Å²) in [6, 6.07) is 4.25. The van der Waals surface area contributed by atoms with E-state index in [0.717, 1.165) is 16.2 Å². The predicted octanol–water partition coefficient (Wildman–Crippen LogP) is 2.95. The number of fused-ring (bicyclic) bond motifs is 3. The van der Waals surface area contributed by atoms with Crippen LogP contribution in [0, 0.1) is 26.9 Å². The van der Waals surface area contributed by atoms with Crippen LogP contribution in [0.4, 0.5) is 10.8 Å². The molecule has 1 saturated carbocycles. The Morgan fingerprint density at radius 2 is 2.10 bits per heavy atom. The van der Waals surface area contributed by atoms with Crippen LogP contribution in [0.2, 0.25) is 0 Å². The number of carbonyl (C=O) groups is 3. The molecule has 0 spiro atoms. The minimum atomic E-state index is -0.666. The summed E-state index contributed by atoms with van der Waals surface area (Å²) in [5.41, 5.74) is -0.639. The third kappa shape index (κ3) is 2.81. The van der Waals surface area contributed by atoms with Gasteiger partial charge >= 0.3 is 0 Å². The zero-order chi connectivity index (χ0) is 21.1. The maximum atomic E-state index is 13.0. The second-order valence-corrected chi connectivity index (χ2v) is 9.38. The largest absolute Gasteiger partial charge is 0.300 e. The Bertz CT molecular complexity index is 1080. The van der Waals surface area contributed by atoms with Crippen molar-refractivity contribution in [3.05, 3.63) is 28.3 Å². The summed E-state index contributed by atoms with van der Waals surface area (Å²) in [7, 11) is 0. The van der Waals surface area contributed by atoms with Gasteiger partial charge in [0.05, 0.1) is 20.6 Å². The second kappa shape index (κ2) is 6.31. The van der Waals surface area contributed by atoms with Gasteiger partial charge in [-0.05, 0) is 24.3 Å². The standard InChI is InChI=1S/C19H20N4O5S/c1-18(2)11-6-7-19(18,3)16(26)22(15(11)25)9-14(24)21-17-20-12-5-4-10(23(27)28)8-13(12)29-17/h4-5,8,11H,6-7,9H2,1-3H3,(H,20,21,24). The van der Waals surface area contributed by atoms with E-state index in [1.807, 2.05) is 20.8 Å². The number of hydrogen-bond acceptors (Lipinski definition) is 7. The number of hydrogen-bond donors (Lipinski definition) is 1. The van der Waals surface area contributed by atoms with Crippen LogP contribution in [0.15, 0.2) is 18.2 Å². The molecule has 2 bridgehead atoms. The normalized spacial score (nSPS) is 25.5. The van der Waals surface area contributed by atoms with Gasteiger partial charge in [0.25, 0.3) is 5.69 Å². The lowest BCUT2D eigenvalue weighted by molar-refractivity contribution is -0.384. The third-order valence-corrected chi connectivity index (χ3v) is 7.57. The molecule has 1 aliphatic carbocycles. The number of thiazole rings is 1. The molecule has 29 heavy (non-hydrogen) atoms. The maximum absolute atomic E-state index is 13.0. The molecule has 4 rings (SSSR count). The van der Waals surface area contributed by atoms with Crippen molar-refractivity contribution in [1.29, 1.82) is 0 Å². The molecule has 1 saturated heterocycles. The average molecular weight is 416 g/mol. The fourth-order valence-electron chi connectivity index (χ4n) is 4.43. The Hall–Kier alpha value is -2.88. The number of nitro groups is 1. The maximum Gasteiger partial charge on any atom is 0.270 e. The van der Waals surface area contributed by atoms with E-state index in [0.29, 0.717) is 23.1 Å². The highest BCUT2D eigenvalue weighted by molar-refractivity contribution is 7.22. The number of amides is 3. The van der Waals surface area contributed by atoms with Crippen molar-refractivity contribution in [2.45, 2.75) is 33.6 Å². The molecular weight excluding hydrogens is 396 g/mol. The van der Waals surface area contributed by atoms with Crippen molar-refractivity contribution >= 4 is 50.1 Å². The highest BCUT2D eigenvalue weighted by atomic mass is 32.1. The van der Waals surface area contributed by atoms with Gasteiger partial charge in [-0.25, -0.2) is 4.98 Å². The fourth-order valence-corrected chi connectivity index (χ4v) is 5.35. The highest BCUT2D eigenvalue weighted by Crippen LogP contribution is 2.59. The molecule has 2 aromatic rings. The van der Waals surface area contributed by atoms with E-state index in [-0.39, 0.29) is 35.1 Å². The Balaban J connectivity index is 1.52. The van der Waals surface area contributed by atoms with Gasteiger partial charge in [-0.3, -0.25) is 29.4 Å². The second-order valence-electron chi connectivity index (χ2n) is 8.35. The lowest BCUT2D eigenvalue weighted by Crippen LogP contribution is -2.60. The number of carbonyl (C=O) groups excluding carboxylic acids is 3. The van der Waals surface area contributed by atoms with Gasteiger partial charge in [0.15, 0.2) is 5.13 Å². The van der Waals surface area contributed by atoms with E-state index >= 15 is 0 Å². The van der Waals surface area contributed by atoms with Crippen LogP contribution in [0.1, 0.15) is 33.6 Å². The van der Waals surface area contributed by atoms with Gasteiger partial charge in [0, 0.05) is 18.1 Å². The van der Waals surface area contributed by atoms with E-state index in [2.05, 4.69) is 10.3 Å². The minimum absolute atomic E-state index is 0.0603. The molecule has 1 aromatic carbocycles. The molecular formula is C19H20N4O5S. The number of imide groups is 1. The summed E-state index contributed by atoms with van der Waals surface area (Å²) in [5.74, 6) is -1.41. The van der Waals surface area contributed by atoms with E-state index in [1.54, 1.807) is 0 Å². The topological polar surface area (TPSA) is 123 Å². The average Bonchev–Trinajstić information content (AvgIpc) is 3.12. The summed E-state index contributed by atoms with van der Waals surface area (Å²) in [5, 5.41) is 13.8. The van der Waals surface area contributed by atoms with Crippen LogP contribution >= 0.6 is 11.3 Å². The van der Waals surface area contributed by atoms with Crippen molar-refractivity contribution in [2.75, 3.05) is 11.9 Å². The number of anilines is 1. The quantitative estimate of drug-likeness (QED) is 0.464. The SMILES string of the molecule is CC12CCC(C(=O)N(CC(=O)Nc3nc4ccc([N+](=O)[O-])cc4s3)C1=O)C2(C)C. The molecule has 2 unspecified atom stereocenters. The highest BCUT2D eigenvalue weighted by Gasteiger charge is 2.64.